The lowest BCUT2D eigenvalue weighted by atomic mass is 10.1. The molecule has 0 N–H and O–H groups in total. The molecule has 0 aliphatic carbocycles. The maximum absolute atomic E-state index is 13.5. The first kappa shape index (κ1) is 31.5. The van der Waals surface area contributed by atoms with Crippen LogP contribution in [0.4, 0.5) is 0 Å². The summed E-state index contributed by atoms with van der Waals surface area (Å²) in [7, 11) is 4.73. The quantitative estimate of drug-likeness (QED) is 0.447. The van der Waals surface area contributed by atoms with Crippen molar-refractivity contribution in [1.82, 2.24) is 9.80 Å². The van der Waals surface area contributed by atoms with E-state index in [1.807, 2.05) is 53.1 Å². The van der Waals surface area contributed by atoms with Crippen LogP contribution < -0.4 is 18.9 Å². The fourth-order valence-corrected chi connectivity index (χ4v) is 5.81. The van der Waals surface area contributed by atoms with E-state index in [1.165, 1.54) is 0 Å². The highest BCUT2D eigenvalue weighted by Gasteiger charge is 2.38. The molecule has 1 fully saturated rings. The summed E-state index contributed by atoms with van der Waals surface area (Å²) < 4.78 is 29.3. The number of carbonyl (C=O) groups excluding carboxylic acids is 2. The van der Waals surface area contributed by atoms with Gasteiger partial charge in [-0.1, -0.05) is 43.9 Å². The number of fused-ring (bicyclic) bond motifs is 2. The van der Waals surface area contributed by atoms with Crippen molar-refractivity contribution in [2.24, 2.45) is 0 Å². The Bertz CT molecular complexity index is 1190. The Labute approximate surface area is 250 Å². The SMILES string of the molecule is CCN1CCCCCCCCO[C@@H]2CN(C(=O)CCc3ccc(OC)c(OC)c3OC)C[C@H]2Oc2ccccc2C1=O. The van der Waals surface area contributed by atoms with E-state index in [4.69, 9.17) is 23.7 Å². The van der Waals surface area contributed by atoms with E-state index in [-0.39, 0.29) is 24.0 Å². The van der Waals surface area contributed by atoms with Crippen LogP contribution in [0.1, 0.15) is 67.8 Å². The molecule has 2 amide bonds. The van der Waals surface area contributed by atoms with Crippen LogP contribution >= 0.6 is 0 Å². The number of para-hydroxylation sites is 1. The molecule has 42 heavy (non-hydrogen) atoms. The van der Waals surface area contributed by atoms with Gasteiger partial charge in [0.25, 0.3) is 5.91 Å². The molecule has 2 aromatic rings. The molecular formula is C33H46N2O7. The van der Waals surface area contributed by atoms with Gasteiger partial charge in [0.15, 0.2) is 11.5 Å². The molecule has 230 valence electrons. The van der Waals surface area contributed by atoms with Gasteiger partial charge in [-0.3, -0.25) is 9.59 Å². The molecule has 0 unspecified atom stereocenters. The van der Waals surface area contributed by atoms with E-state index in [0.717, 1.165) is 50.6 Å². The summed E-state index contributed by atoms with van der Waals surface area (Å²) in [5.41, 5.74) is 1.42. The van der Waals surface area contributed by atoms with Crippen molar-refractivity contribution in [3.8, 4) is 23.0 Å². The number of amides is 2. The summed E-state index contributed by atoms with van der Waals surface area (Å²) in [6, 6.07) is 11.1. The lowest BCUT2D eigenvalue weighted by Gasteiger charge is -2.25. The molecule has 2 aliphatic heterocycles. The minimum atomic E-state index is -0.374. The van der Waals surface area contributed by atoms with E-state index >= 15 is 0 Å². The minimum absolute atomic E-state index is 0.0129. The van der Waals surface area contributed by atoms with Crippen LogP contribution in [0.2, 0.25) is 0 Å². The number of ether oxygens (including phenoxy) is 5. The van der Waals surface area contributed by atoms with Gasteiger partial charge in [-0.25, -0.2) is 0 Å². The van der Waals surface area contributed by atoms with Crippen LogP contribution in [-0.4, -0.2) is 87.9 Å². The van der Waals surface area contributed by atoms with Gasteiger partial charge in [0.1, 0.15) is 18.0 Å². The average molecular weight is 583 g/mol. The zero-order chi connectivity index (χ0) is 29.9. The van der Waals surface area contributed by atoms with Crippen LogP contribution in [0.5, 0.6) is 23.0 Å². The molecule has 0 aromatic heterocycles. The van der Waals surface area contributed by atoms with Gasteiger partial charge >= 0.3 is 0 Å². The summed E-state index contributed by atoms with van der Waals surface area (Å²) >= 11 is 0. The Kier molecular flexibility index (Phi) is 11.7. The number of benzene rings is 2. The fourth-order valence-electron chi connectivity index (χ4n) is 5.81. The van der Waals surface area contributed by atoms with Crippen molar-refractivity contribution >= 4 is 11.8 Å². The fraction of sp³-hybridized carbons (Fsp3) is 0.576. The zero-order valence-electron chi connectivity index (χ0n) is 25.6. The lowest BCUT2D eigenvalue weighted by molar-refractivity contribution is -0.130. The summed E-state index contributed by atoms with van der Waals surface area (Å²) in [4.78, 5) is 30.7. The van der Waals surface area contributed by atoms with Gasteiger partial charge in [-0.15, -0.1) is 0 Å². The van der Waals surface area contributed by atoms with Crippen LogP contribution in [0, 0.1) is 0 Å². The number of hydrogen-bond donors (Lipinski definition) is 0. The lowest BCUT2D eigenvalue weighted by Crippen LogP contribution is -2.35. The first-order valence-corrected chi connectivity index (χ1v) is 15.2. The highest BCUT2D eigenvalue weighted by atomic mass is 16.5. The number of hydrogen-bond acceptors (Lipinski definition) is 7. The Morgan fingerprint density at radius 1 is 0.881 bits per heavy atom. The molecule has 4 rings (SSSR count). The van der Waals surface area contributed by atoms with Crippen molar-refractivity contribution in [3.05, 3.63) is 47.5 Å². The van der Waals surface area contributed by atoms with Crippen molar-refractivity contribution in [2.45, 2.75) is 70.5 Å². The molecule has 9 heteroatoms. The van der Waals surface area contributed by atoms with Gasteiger partial charge < -0.3 is 33.5 Å². The Morgan fingerprint density at radius 2 is 1.60 bits per heavy atom. The van der Waals surface area contributed by atoms with Crippen LogP contribution in [-0.2, 0) is 16.0 Å². The first-order valence-electron chi connectivity index (χ1n) is 15.2. The topological polar surface area (TPSA) is 86.8 Å². The molecular weight excluding hydrogens is 536 g/mol. The van der Waals surface area contributed by atoms with Crippen molar-refractivity contribution in [3.63, 3.8) is 0 Å². The largest absolute Gasteiger partial charge is 0.493 e. The summed E-state index contributed by atoms with van der Waals surface area (Å²) in [5.74, 6) is 2.19. The highest BCUT2D eigenvalue weighted by Crippen LogP contribution is 2.40. The monoisotopic (exact) mass is 582 g/mol. The minimum Gasteiger partial charge on any atom is -0.493 e. The third-order valence-electron chi connectivity index (χ3n) is 8.18. The van der Waals surface area contributed by atoms with Gasteiger partial charge in [0.05, 0.1) is 40.0 Å². The van der Waals surface area contributed by atoms with E-state index < -0.39 is 0 Å². The summed E-state index contributed by atoms with van der Waals surface area (Å²) in [6.45, 7) is 4.87. The zero-order valence-corrected chi connectivity index (χ0v) is 25.6. The number of rotatable bonds is 7. The van der Waals surface area contributed by atoms with Gasteiger partial charge in [-0.05, 0) is 49.9 Å². The van der Waals surface area contributed by atoms with E-state index in [2.05, 4.69) is 0 Å². The molecule has 1 saturated heterocycles. The Hall–Kier alpha value is -3.46. The summed E-state index contributed by atoms with van der Waals surface area (Å²) in [6.07, 6.45) is 6.64. The smallest absolute Gasteiger partial charge is 0.257 e. The highest BCUT2D eigenvalue weighted by molar-refractivity contribution is 5.97. The van der Waals surface area contributed by atoms with Crippen LogP contribution in [0.15, 0.2) is 36.4 Å². The second-order valence-corrected chi connectivity index (χ2v) is 10.9. The molecule has 0 bridgehead atoms. The van der Waals surface area contributed by atoms with E-state index in [9.17, 15) is 9.59 Å². The second-order valence-electron chi connectivity index (χ2n) is 10.9. The van der Waals surface area contributed by atoms with E-state index in [1.54, 1.807) is 21.3 Å². The first-order chi connectivity index (χ1) is 20.5. The standard InChI is InChI=1S/C33H46N2O7/c1-5-34-20-12-8-6-7-9-13-21-41-28-22-35(23-29(28)42-26-15-11-10-14-25(26)33(34)37)30(36)19-17-24-16-18-27(38-2)32(40-4)31(24)39-3/h10-11,14-16,18,28-29H,5-9,12-13,17,19-23H2,1-4H3/t28-,29-/m1/s1. The molecule has 0 radical (unpaired) electrons. The second kappa shape index (κ2) is 15.7. The molecule has 2 aromatic carbocycles. The summed E-state index contributed by atoms with van der Waals surface area (Å²) in [5, 5.41) is 0. The number of aryl methyl sites for hydroxylation is 1. The number of methoxy groups -OCH3 is 3. The van der Waals surface area contributed by atoms with E-state index in [0.29, 0.717) is 67.6 Å². The van der Waals surface area contributed by atoms with Crippen molar-refractivity contribution in [1.29, 1.82) is 0 Å². The average Bonchev–Trinajstić information content (AvgIpc) is 3.42. The number of carbonyl (C=O) groups is 2. The third kappa shape index (κ3) is 7.68. The normalized spacial score (nSPS) is 20.3. The van der Waals surface area contributed by atoms with Gasteiger partial charge in [0, 0.05) is 26.1 Å². The third-order valence-corrected chi connectivity index (χ3v) is 8.18. The van der Waals surface area contributed by atoms with Crippen LogP contribution in [0.25, 0.3) is 0 Å². The maximum atomic E-state index is 13.5. The molecule has 2 aliphatic rings. The van der Waals surface area contributed by atoms with Gasteiger partial charge in [0.2, 0.25) is 11.7 Å². The Balaban J connectivity index is 1.50. The Morgan fingerprint density at radius 3 is 2.33 bits per heavy atom. The van der Waals surface area contributed by atoms with Crippen molar-refractivity contribution in [2.75, 3.05) is 54.1 Å². The molecule has 0 saturated carbocycles. The molecule has 9 nitrogen and oxygen atoms in total. The predicted octanol–water partition coefficient (Wildman–Crippen LogP) is 5.14. The predicted molar refractivity (Wildman–Crippen MR) is 161 cm³/mol. The molecule has 2 heterocycles. The molecule has 2 atom stereocenters. The maximum Gasteiger partial charge on any atom is 0.257 e. The molecule has 0 spiro atoms. The number of likely N-dealkylation sites (tertiary alicyclic amines) is 1. The van der Waals surface area contributed by atoms with Crippen LogP contribution in [0.3, 0.4) is 0 Å². The van der Waals surface area contributed by atoms with Gasteiger partial charge in [-0.2, -0.15) is 0 Å². The number of nitrogens with zero attached hydrogens (tertiary/aromatic N) is 2. The van der Waals surface area contributed by atoms with Crippen molar-refractivity contribution < 1.29 is 33.3 Å².